The normalized spacial score (nSPS) is 12.2. The highest BCUT2D eigenvalue weighted by atomic mass is 16.5. The largest absolute Gasteiger partial charge is 0.491 e. The first kappa shape index (κ1) is 17.0. The zero-order chi connectivity index (χ0) is 17.8. The van der Waals surface area contributed by atoms with E-state index in [9.17, 15) is 9.90 Å². The lowest BCUT2D eigenvalue weighted by molar-refractivity contribution is -0.117. The Hall–Kier alpha value is -2.86. The molecule has 0 radical (unpaired) electrons. The standard InChI is InChI=1S/C19H21N3O3/c1-13-6-2-5-9-17(13)25-12-14(23)11-22-16-8-4-3-7-15(16)21-19(22)10-18(20)24/h2-9,14,23H,10-12H2,1H3,(H2,20,24). The molecule has 6 nitrogen and oxygen atoms in total. The second-order valence-electron chi connectivity index (χ2n) is 6.00. The third-order valence-corrected chi connectivity index (χ3v) is 3.98. The predicted octanol–water partition coefficient (Wildman–Crippen LogP) is 1.81. The number of aromatic nitrogens is 2. The topological polar surface area (TPSA) is 90.4 Å². The van der Waals surface area contributed by atoms with E-state index in [1.165, 1.54) is 0 Å². The lowest BCUT2D eigenvalue weighted by Gasteiger charge is -2.16. The van der Waals surface area contributed by atoms with Crippen LogP contribution in [-0.2, 0) is 17.8 Å². The quantitative estimate of drug-likeness (QED) is 0.687. The summed E-state index contributed by atoms with van der Waals surface area (Å²) in [7, 11) is 0. The Balaban J connectivity index is 1.77. The SMILES string of the molecule is Cc1ccccc1OCC(O)Cn1c(CC(N)=O)nc2ccccc21. The highest BCUT2D eigenvalue weighted by Crippen LogP contribution is 2.19. The maximum Gasteiger partial charge on any atom is 0.225 e. The van der Waals surface area contributed by atoms with Crippen LogP contribution in [0.1, 0.15) is 11.4 Å². The minimum Gasteiger partial charge on any atom is -0.491 e. The Kier molecular flexibility index (Phi) is 5.00. The van der Waals surface area contributed by atoms with Gasteiger partial charge in [0.05, 0.1) is 24.0 Å². The number of carbonyl (C=O) groups is 1. The van der Waals surface area contributed by atoms with Crippen molar-refractivity contribution in [3.63, 3.8) is 0 Å². The number of aliphatic hydroxyl groups is 1. The van der Waals surface area contributed by atoms with Crippen molar-refractivity contribution in [3.05, 3.63) is 59.9 Å². The van der Waals surface area contributed by atoms with E-state index >= 15 is 0 Å². The van der Waals surface area contributed by atoms with Crippen molar-refractivity contribution in [2.45, 2.75) is 26.0 Å². The summed E-state index contributed by atoms with van der Waals surface area (Å²) in [6, 6.07) is 15.2. The Morgan fingerprint density at radius 3 is 2.72 bits per heavy atom. The number of rotatable bonds is 7. The number of ether oxygens (including phenoxy) is 1. The summed E-state index contributed by atoms with van der Waals surface area (Å²) >= 11 is 0. The molecule has 2 aromatic carbocycles. The fraction of sp³-hybridized carbons (Fsp3) is 0.263. The first-order valence-corrected chi connectivity index (χ1v) is 8.13. The molecule has 1 aromatic heterocycles. The fourth-order valence-corrected chi connectivity index (χ4v) is 2.79. The monoisotopic (exact) mass is 339 g/mol. The minimum atomic E-state index is -0.746. The van der Waals surface area contributed by atoms with Crippen molar-refractivity contribution in [2.75, 3.05) is 6.61 Å². The summed E-state index contributed by atoms with van der Waals surface area (Å²) in [5.74, 6) is 0.834. The molecule has 3 aromatic rings. The van der Waals surface area contributed by atoms with Crippen LogP contribution in [0.3, 0.4) is 0 Å². The molecule has 3 N–H and O–H groups in total. The van der Waals surface area contributed by atoms with Crippen molar-refractivity contribution in [3.8, 4) is 5.75 Å². The van der Waals surface area contributed by atoms with Gasteiger partial charge in [-0.05, 0) is 30.7 Å². The van der Waals surface area contributed by atoms with Crippen molar-refractivity contribution in [2.24, 2.45) is 5.73 Å². The number of benzene rings is 2. The molecule has 0 saturated heterocycles. The van der Waals surface area contributed by atoms with Crippen LogP contribution in [0.5, 0.6) is 5.75 Å². The Labute approximate surface area is 145 Å². The summed E-state index contributed by atoms with van der Waals surface area (Å²) in [6.07, 6.45) is -0.719. The average molecular weight is 339 g/mol. The molecule has 1 atom stereocenters. The molecule has 0 aliphatic carbocycles. The summed E-state index contributed by atoms with van der Waals surface area (Å²) in [5.41, 5.74) is 7.95. The predicted molar refractivity (Wildman–Crippen MR) is 95.3 cm³/mol. The van der Waals surface area contributed by atoms with Gasteiger partial charge in [-0.15, -0.1) is 0 Å². The molecule has 130 valence electrons. The van der Waals surface area contributed by atoms with E-state index in [2.05, 4.69) is 4.98 Å². The van der Waals surface area contributed by atoms with Crippen molar-refractivity contribution in [1.82, 2.24) is 9.55 Å². The van der Waals surface area contributed by atoms with Crippen LogP contribution in [0.25, 0.3) is 11.0 Å². The van der Waals surface area contributed by atoms with E-state index in [0.717, 1.165) is 22.3 Å². The Morgan fingerprint density at radius 1 is 1.24 bits per heavy atom. The molecular formula is C19H21N3O3. The second-order valence-corrected chi connectivity index (χ2v) is 6.00. The number of primary amides is 1. The van der Waals surface area contributed by atoms with Crippen LogP contribution in [0, 0.1) is 6.92 Å². The molecule has 0 aliphatic rings. The number of fused-ring (bicyclic) bond motifs is 1. The van der Waals surface area contributed by atoms with Gasteiger partial charge in [-0.2, -0.15) is 0 Å². The number of carbonyl (C=O) groups excluding carboxylic acids is 1. The molecule has 0 bridgehead atoms. The van der Waals surface area contributed by atoms with Gasteiger partial charge in [0.2, 0.25) is 5.91 Å². The highest BCUT2D eigenvalue weighted by molar-refractivity contribution is 5.80. The zero-order valence-corrected chi connectivity index (χ0v) is 14.1. The highest BCUT2D eigenvalue weighted by Gasteiger charge is 2.16. The van der Waals surface area contributed by atoms with Gasteiger partial charge in [0.25, 0.3) is 0 Å². The van der Waals surface area contributed by atoms with E-state index in [1.807, 2.05) is 60.0 Å². The van der Waals surface area contributed by atoms with Crippen LogP contribution in [-0.4, -0.2) is 33.3 Å². The van der Waals surface area contributed by atoms with Crippen molar-refractivity contribution in [1.29, 1.82) is 0 Å². The average Bonchev–Trinajstić information content (AvgIpc) is 2.91. The van der Waals surface area contributed by atoms with Gasteiger partial charge in [0, 0.05) is 0 Å². The van der Waals surface area contributed by atoms with E-state index in [1.54, 1.807) is 0 Å². The lowest BCUT2D eigenvalue weighted by Crippen LogP contribution is -2.26. The molecule has 0 saturated carbocycles. The van der Waals surface area contributed by atoms with Gasteiger partial charge in [-0.3, -0.25) is 4.79 Å². The van der Waals surface area contributed by atoms with Crippen LogP contribution >= 0.6 is 0 Å². The maximum atomic E-state index is 11.3. The Bertz CT molecular complexity index is 889. The second kappa shape index (κ2) is 7.36. The van der Waals surface area contributed by atoms with Crippen LogP contribution < -0.4 is 10.5 Å². The van der Waals surface area contributed by atoms with Crippen LogP contribution in [0.2, 0.25) is 0 Å². The summed E-state index contributed by atoms with van der Waals surface area (Å²) < 4.78 is 7.53. The van der Waals surface area contributed by atoms with E-state index in [-0.39, 0.29) is 19.6 Å². The Morgan fingerprint density at radius 2 is 1.96 bits per heavy atom. The molecule has 1 amide bonds. The first-order chi connectivity index (χ1) is 12.0. The summed E-state index contributed by atoms with van der Waals surface area (Å²) in [6.45, 7) is 2.37. The molecule has 0 fully saturated rings. The van der Waals surface area contributed by atoms with E-state index in [4.69, 9.17) is 10.5 Å². The molecular weight excluding hydrogens is 318 g/mol. The van der Waals surface area contributed by atoms with Crippen LogP contribution in [0.15, 0.2) is 48.5 Å². The third-order valence-electron chi connectivity index (χ3n) is 3.98. The van der Waals surface area contributed by atoms with Crippen molar-refractivity contribution < 1.29 is 14.6 Å². The molecule has 6 heteroatoms. The molecule has 0 aliphatic heterocycles. The third kappa shape index (κ3) is 3.97. The van der Waals surface area contributed by atoms with Gasteiger partial charge in [-0.25, -0.2) is 4.98 Å². The maximum absolute atomic E-state index is 11.3. The molecule has 3 rings (SSSR count). The minimum absolute atomic E-state index is 0.0278. The number of hydrogen-bond donors (Lipinski definition) is 2. The van der Waals surface area contributed by atoms with Gasteiger partial charge >= 0.3 is 0 Å². The first-order valence-electron chi connectivity index (χ1n) is 8.13. The van der Waals surface area contributed by atoms with Crippen LogP contribution in [0.4, 0.5) is 0 Å². The number of nitrogens with zero attached hydrogens (tertiary/aromatic N) is 2. The van der Waals surface area contributed by atoms with Gasteiger partial charge in [0.15, 0.2) is 0 Å². The number of aliphatic hydroxyl groups excluding tert-OH is 1. The number of aryl methyl sites for hydroxylation is 1. The number of imidazole rings is 1. The van der Waals surface area contributed by atoms with Gasteiger partial charge in [0.1, 0.15) is 24.3 Å². The molecule has 1 heterocycles. The molecule has 1 unspecified atom stereocenters. The van der Waals surface area contributed by atoms with Gasteiger partial charge < -0.3 is 20.1 Å². The molecule has 0 spiro atoms. The zero-order valence-electron chi connectivity index (χ0n) is 14.1. The summed E-state index contributed by atoms with van der Waals surface area (Å²) in [4.78, 5) is 15.8. The summed E-state index contributed by atoms with van der Waals surface area (Å²) in [5, 5.41) is 10.4. The number of amides is 1. The smallest absolute Gasteiger partial charge is 0.225 e. The van der Waals surface area contributed by atoms with Crippen molar-refractivity contribution >= 4 is 16.9 Å². The van der Waals surface area contributed by atoms with Gasteiger partial charge in [-0.1, -0.05) is 30.3 Å². The number of nitrogens with two attached hydrogens (primary N) is 1. The lowest BCUT2D eigenvalue weighted by atomic mass is 10.2. The number of para-hydroxylation sites is 3. The van der Waals surface area contributed by atoms with E-state index in [0.29, 0.717) is 5.82 Å². The molecule has 25 heavy (non-hydrogen) atoms. The van der Waals surface area contributed by atoms with E-state index < -0.39 is 12.0 Å². The fourth-order valence-electron chi connectivity index (χ4n) is 2.79. The number of hydrogen-bond acceptors (Lipinski definition) is 4.